The van der Waals surface area contributed by atoms with Gasteiger partial charge in [-0.05, 0) is 46.9 Å². The van der Waals surface area contributed by atoms with Crippen LogP contribution in [0.2, 0.25) is 0 Å². The summed E-state index contributed by atoms with van der Waals surface area (Å²) in [5.41, 5.74) is 8.00. The molecule has 1 rings (SSSR count). The summed E-state index contributed by atoms with van der Waals surface area (Å²) < 4.78 is 11.7. The van der Waals surface area contributed by atoms with E-state index in [2.05, 4.69) is 28.9 Å². The van der Waals surface area contributed by atoms with Gasteiger partial charge in [0.25, 0.3) is 0 Å². The Morgan fingerprint density at radius 2 is 1.88 bits per heavy atom. The summed E-state index contributed by atoms with van der Waals surface area (Å²) in [5.74, 6) is 1.56. The molecule has 0 fully saturated rings. The summed E-state index contributed by atoms with van der Waals surface area (Å²) in [6.07, 6.45) is 1.75. The van der Waals surface area contributed by atoms with Gasteiger partial charge in [0.05, 0.1) is 18.7 Å². The minimum absolute atomic E-state index is 0.634. The third kappa shape index (κ3) is 2.50. The molecule has 0 radical (unpaired) electrons. The molecule has 0 aliphatic carbocycles. The third-order valence-electron chi connectivity index (χ3n) is 2.56. The third-order valence-corrected chi connectivity index (χ3v) is 3.15. The van der Waals surface area contributed by atoms with Gasteiger partial charge in [0.1, 0.15) is 0 Å². The van der Waals surface area contributed by atoms with Gasteiger partial charge < -0.3 is 15.2 Å². The van der Waals surface area contributed by atoms with Crippen LogP contribution in [0.5, 0.6) is 11.5 Å². The second-order valence-corrected chi connectivity index (χ2v) is 4.31. The van der Waals surface area contributed by atoms with Crippen LogP contribution in [-0.2, 0) is 12.8 Å². The zero-order chi connectivity index (χ0) is 12.1. The highest BCUT2D eigenvalue weighted by Gasteiger charge is 2.16. The summed E-state index contributed by atoms with van der Waals surface area (Å²) in [6.45, 7) is 2.74. The van der Waals surface area contributed by atoms with Crippen molar-refractivity contribution in [1.29, 1.82) is 0 Å². The van der Waals surface area contributed by atoms with E-state index in [1.54, 1.807) is 14.2 Å². The fourth-order valence-corrected chi connectivity index (χ4v) is 2.49. The van der Waals surface area contributed by atoms with Gasteiger partial charge >= 0.3 is 0 Å². The first-order chi connectivity index (χ1) is 7.69. The fraction of sp³-hybridized carbons (Fsp3) is 0.500. The van der Waals surface area contributed by atoms with Crippen LogP contribution in [0.3, 0.4) is 0 Å². The Bertz CT molecular complexity index is 367. The van der Waals surface area contributed by atoms with Gasteiger partial charge in [-0.25, -0.2) is 0 Å². The van der Waals surface area contributed by atoms with Gasteiger partial charge in [-0.1, -0.05) is 6.92 Å². The molecular weight excluding hydrogens is 270 g/mol. The molecule has 0 heterocycles. The van der Waals surface area contributed by atoms with E-state index >= 15 is 0 Å². The monoisotopic (exact) mass is 287 g/mol. The van der Waals surface area contributed by atoms with Crippen molar-refractivity contribution in [2.75, 3.05) is 20.8 Å². The number of methoxy groups -OCH3 is 2. The number of halogens is 1. The fourth-order valence-electron chi connectivity index (χ4n) is 1.87. The Morgan fingerprint density at radius 3 is 2.31 bits per heavy atom. The van der Waals surface area contributed by atoms with Crippen LogP contribution in [0.1, 0.15) is 18.1 Å². The average molecular weight is 288 g/mol. The van der Waals surface area contributed by atoms with Crippen LogP contribution >= 0.6 is 15.9 Å². The molecular formula is C12H18BrNO2. The second-order valence-electron chi connectivity index (χ2n) is 3.45. The van der Waals surface area contributed by atoms with Crippen molar-refractivity contribution < 1.29 is 9.47 Å². The van der Waals surface area contributed by atoms with Crippen LogP contribution in [0.4, 0.5) is 0 Å². The van der Waals surface area contributed by atoms with Crippen molar-refractivity contribution in [3.63, 3.8) is 0 Å². The van der Waals surface area contributed by atoms with E-state index < -0.39 is 0 Å². The molecule has 0 aromatic heterocycles. The zero-order valence-corrected chi connectivity index (χ0v) is 11.6. The first-order valence-electron chi connectivity index (χ1n) is 5.31. The number of ether oxygens (including phenoxy) is 2. The zero-order valence-electron chi connectivity index (χ0n) is 9.97. The lowest BCUT2D eigenvalue weighted by atomic mass is 10.0. The lowest BCUT2D eigenvalue weighted by Gasteiger charge is -2.17. The Morgan fingerprint density at radius 1 is 1.25 bits per heavy atom. The van der Waals surface area contributed by atoms with E-state index in [0.717, 1.165) is 28.8 Å². The molecule has 0 atom stereocenters. The second kappa shape index (κ2) is 6.11. The van der Waals surface area contributed by atoms with Crippen molar-refractivity contribution >= 4 is 15.9 Å². The van der Waals surface area contributed by atoms with E-state index in [1.165, 1.54) is 11.1 Å². The summed E-state index contributed by atoms with van der Waals surface area (Å²) in [4.78, 5) is 0. The molecule has 0 spiro atoms. The predicted octanol–water partition coefficient (Wildman–Crippen LogP) is 2.53. The number of benzene rings is 1. The van der Waals surface area contributed by atoms with E-state index in [9.17, 15) is 0 Å². The maximum absolute atomic E-state index is 5.61. The van der Waals surface area contributed by atoms with Crippen molar-refractivity contribution in [3.8, 4) is 11.5 Å². The van der Waals surface area contributed by atoms with E-state index in [1.807, 2.05) is 0 Å². The minimum Gasteiger partial charge on any atom is -0.493 e. The Hall–Kier alpha value is -0.740. The first kappa shape index (κ1) is 13.3. The SMILES string of the molecule is CCc1c(CCN)cc(Br)c(OC)c1OC. The number of hydrogen-bond donors (Lipinski definition) is 1. The molecule has 16 heavy (non-hydrogen) atoms. The molecule has 2 N–H and O–H groups in total. The molecule has 90 valence electrons. The largest absolute Gasteiger partial charge is 0.493 e. The van der Waals surface area contributed by atoms with Gasteiger partial charge in [-0.2, -0.15) is 0 Å². The average Bonchev–Trinajstić information content (AvgIpc) is 2.28. The van der Waals surface area contributed by atoms with Crippen molar-refractivity contribution in [2.24, 2.45) is 5.73 Å². The van der Waals surface area contributed by atoms with E-state index in [4.69, 9.17) is 15.2 Å². The molecule has 0 saturated heterocycles. The number of rotatable bonds is 5. The highest BCUT2D eigenvalue weighted by atomic mass is 79.9. The van der Waals surface area contributed by atoms with Gasteiger partial charge in [-0.15, -0.1) is 0 Å². The first-order valence-corrected chi connectivity index (χ1v) is 6.11. The molecule has 4 heteroatoms. The van der Waals surface area contributed by atoms with Gasteiger partial charge in [0.2, 0.25) is 0 Å². The summed E-state index contributed by atoms with van der Waals surface area (Å²) in [6, 6.07) is 2.06. The highest BCUT2D eigenvalue weighted by Crippen LogP contribution is 2.40. The highest BCUT2D eigenvalue weighted by molar-refractivity contribution is 9.10. The summed E-state index contributed by atoms with van der Waals surface area (Å²) >= 11 is 3.49. The van der Waals surface area contributed by atoms with E-state index in [-0.39, 0.29) is 0 Å². The van der Waals surface area contributed by atoms with Crippen molar-refractivity contribution in [1.82, 2.24) is 0 Å². The number of hydrogen-bond acceptors (Lipinski definition) is 3. The summed E-state index contributed by atoms with van der Waals surface area (Å²) in [7, 11) is 3.31. The topological polar surface area (TPSA) is 44.5 Å². The van der Waals surface area contributed by atoms with Crippen LogP contribution in [0, 0.1) is 0 Å². The Kier molecular flexibility index (Phi) is 5.09. The van der Waals surface area contributed by atoms with Crippen molar-refractivity contribution in [3.05, 3.63) is 21.7 Å². The van der Waals surface area contributed by atoms with Crippen LogP contribution in [-0.4, -0.2) is 20.8 Å². The van der Waals surface area contributed by atoms with Gasteiger partial charge in [-0.3, -0.25) is 0 Å². The molecule has 1 aromatic rings. The standard InChI is InChI=1S/C12H18BrNO2/c1-4-9-8(5-6-14)7-10(13)12(16-3)11(9)15-2/h7H,4-6,14H2,1-3H3. The molecule has 0 bridgehead atoms. The maximum atomic E-state index is 5.61. The predicted molar refractivity (Wildman–Crippen MR) is 69.4 cm³/mol. The lowest BCUT2D eigenvalue weighted by Crippen LogP contribution is -2.07. The molecule has 0 aliphatic rings. The molecule has 0 amide bonds. The smallest absolute Gasteiger partial charge is 0.175 e. The Balaban J connectivity index is 3.37. The normalized spacial score (nSPS) is 10.3. The van der Waals surface area contributed by atoms with Crippen molar-refractivity contribution in [2.45, 2.75) is 19.8 Å². The maximum Gasteiger partial charge on any atom is 0.175 e. The molecule has 1 aromatic carbocycles. The molecule has 0 unspecified atom stereocenters. The van der Waals surface area contributed by atoms with E-state index in [0.29, 0.717) is 6.54 Å². The van der Waals surface area contributed by atoms with Crippen LogP contribution < -0.4 is 15.2 Å². The molecule has 3 nitrogen and oxygen atoms in total. The molecule has 0 aliphatic heterocycles. The van der Waals surface area contributed by atoms with Gasteiger partial charge in [0.15, 0.2) is 11.5 Å². The Labute approximate surface area is 105 Å². The minimum atomic E-state index is 0.634. The molecule has 0 saturated carbocycles. The van der Waals surface area contributed by atoms with Crippen LogP contribution in [0.15, 0.2) is 10.5 Å². The number of nitrogens with two attached hydrogens (primary N) is 1. The van der Waals surface area contributed by atoms with Gasteiger partial charge in [0, 0.05) is 5.56 Å². The van der Waals surface area contributed by atoms with Crippen LogP contribution in [0.25, 0.3) is 0 Å². The quantitative estimate of drug-likeness (QED) is 0.905. The summed E-state index contributed by atoms with van der Waals surface area (Å²) in [5, 5.41) is 0. The lowest BCUT2D eigenvalue weighted by molar-refractivity contribution is 0.349.